The number of hydrogen-bond acceptors (Lipinski definition) is 4. The van der Waals surface area contributed by atoms with Gasteiger partial charge in [0.25, 0.3) is 5.91 Å². The average molecular weight is 417 g/mol. The van der Waals surface area contributed by atoms with Crippen molar-refractivity contribution in [2.75, 3.05) is 20.2 Å². The number of nitrogens with one attached hydrogen (secondary N) is 1. The number of carbonyl (C=O) groups is 1. The molecule has 1 saturated heterocycles. The normalized spacial score (nSPS) is 18.8. The van der Waals surface area contributed by atoms with Crippen LogP contribution >= 0.6 is 0 Å². The van der Waals surface area contributed by atoms with E-state index in [2.05, 4.69) is 12.2 Å². The first kappa shape index (κ1) is 21.3. The Morgan fingerprint density at radius 3 is 2.52 bits per heavy atom. The smallest absolute Gasteiger partial charge is 0.251 e. The molecule has 1 fully saturated rings. The van der Waals surface area contributed by atoms with E-state index in [1.54, 1.807) is 23.5 Å². The third-order valence-corrected chi connectivity index (χ3v) is 7.21. The summed E-state index contributed by atoms with van der Waals surface area (Å²) >= 11 is 0. The van der Waals surface area contributed by atoms with Gasteiger partial charge in [0.05, 0.1) is 18.0 Å². The molecule has 0 spiro atoms. The van der Waals surface area contributed by atoms with Crippen molar-refractivity contribution >= 4 is 15.9 Å². The number of carbonyl (C=O) groups excluding carboxylic acids is 1. The van der Waals surface area contributed by atoms with Gasteiger partial charge in [-0.05, 0) is 56.0 Å². The van der Waals surface area contributed by atoms with Crippen LogP contribution in [0, 0.1) is 5.92 Å². The molecule has 156 valence electrons. The highest BCUT2D eigenvalue weighted by Crippen LogP contribution is 2.26. The zero-order chi connectivity index (χ0) is 21.0. The number of methoxy groups -OCH3 is 1. The van der Waals surface area contributed by atoms with Crippen LogP contribution in [0.2, 0.25) is 0 Å². The number of sulfonamides is 1. The predicted molar refractivity (Wildman–Crippen MR) is 112 cm³/mol. The van der Waals surface area contributed by atoms with Crippen molar-refractivity contribution in [1.82, 2.24) is 9.62 Å². The fourth-order valence-corrected chi connectivity index (χ4v) is 5.27. The Labute approximate surface area is 172 Å². The first-order chi connectivity index (χ1) is 13.8. The van der Waals surface area contributed by atoms with E-state index in [-0.39, 0.29) is 16.8 Å². The Bertz CT molecular complexity index is 957. The van der Waals surface area contributed by atoms with Crippen LogP contribution in [0.5, 0.6) is 5.75 Å². The van der Waals surface area contributed by atoms with Gasteiger partial charge in [0, 0.05) is 24.2 Å². The van der Waals surface area contributed by atoms with Gasteiger partial charge in [-0.1, -0.05) is 25.1 Å². The van der Waals surface area contributed by atoms with Crippen LogP contribution in [0.25, 0.3) is 0 Å². The summed E-state index contributed by atoms with van der Waals surface area (Å²) in [4.78, 5) is 12.8. The van der Waals surface area contributed by atoms with Crippen molar-refractivity contribution in [2.24, 2.45) is 5.92 Å². The number of nitrogens with zero attached hydrogens (tertiary/aromatic N) is 1. The van der Waals surface area contributed by atoms with E-state index in [0.717, 1.165) is 18.4 Å². The summed E-state index contributed by atoms with van der Waals surface area (Å²) in [5.41, 5.74) is 1.29. The van der Waals surface area contributed by atoms with Crippen molar-refractivity contribution < 1.29 is 17.9 Å². The SMILES string of the molecule is COc1ccccc1[C@H](C)NC(=O)c1ccc(S(=O)(=O)N2CCC[C@H](C)C2)cc1. The molecule has 3 rings (SSSR count). The number of para-hydroxylation sites is 1. The van der Waals surface area contributed by atoms with E-state index in [1.807, 2.05) is 31.2 Å². The van der Waals surface area contributed by atoms with Crippen molar-refractivity contribution in [3.8, 4) is 5.75 Å². The summed E-state index contributed by atoms with van der Waals surface area (Å²) in [6, 6.07) is 13.4. The molecule has 29 heavy (non-hydrogen) atoms. The highest BCUT2D eigenvalue weighted by Gasteiger charge is 2.28. The highest BCUT2D eigenvalue weighted by molar-refractivity contribution is 7.89. The molecule has 0 aliphatic carbocycles. The van der Waals surface area contributed by atoms with Crippen LogP contribution in [-0.4, -0.2) is 38.8 Å². The number of piperidine rings is 1. The molecule has 0 unspecified atom stereocenters. The summed E-state index contributed by atoms with van der Waals surface area (Å²) in [5.74, 6) is 0.802. The largest absolute Gasteiger partial charge is 0.496 e. The summed E-state index contributed by atoms with van der Waals surface area (Å²) in [7, 11) is -1.93. The van der Waals surface area contributed by atoms with Crippen LogP contribution in [-0.2, 0) is 10.0 Å². The minimum absolute atomic E-state index is 0.223. The molecule has 1 amide bonds. The molecule has 7 heteroatoms. The van der Waals surface area contributed by atoms with E-state index in [0.29, 0.717) is 30.3 Å². The van der Waals surface area contributed by atoms with Gasteiger partial charge >= 0.3 is 0 Å². The maximum atomic E-state index is 12.9. The van der Waals surface area contributed by atoms with Gasteiger partial charge in [-0.2, -0.15) is 4.31 Å². The average Bonchev–Trinajstić information content (AvgIpc) is 2.73. The van der Waals surface area contributed by atoms with Crippen LogP contribution in [0.3, 0.4) is 0 Å². The quantitative estimate of drug-likeness (QED) is 0.781. The van der Waals surface area contributed by atoms with Gasteiger partial charge in [0.1, 0.15) is 5.75 Å². The fraction of sp³-hybridized carbons (Fsp3) is 0.409. The topological polar surface area (TPSA) is 75.7 Å². The second-order valence-electron chi connectivity index (χ2n) is 7.57. The lowest BCUT2D eigenvalue weighted by molar-refractivity contribution is 0.0939. The van der Waals surface area contributed by atoms with Crippen molar-refractivity contribution in [3.05, 3.63) is 59.7 Å². The molecule has 1 N–H and O–H groups in total. The maximum absolute atomic E-state index is 12.9. The Morgan fingerprint density at radius 2 is 1.86 bits per heavy atom. The van der Waals surface area contributed by atoms with E-state index < -0.39 is 10.0 Å². The zero-order valence-corrected chi connectivity index (χ0v) is 17.9. The molecule has 0 aromatic heterocycles. The maximum Gasteiger partial charge on any atom is 0.251 e. The molecule has 6 nitrogen and oxygen atoms in total. The number of amides is 1. The van der Waals surface area contributed by atoms with Gasteiger partial charge in [-0.15, -0.1) is 0 Å². The van der Waals surface area contributed by atoms with Crippen LogP contribution in [0.4, 0.5) is 0 Å². The molecule has 2 aromatic rings. The van der Waals surface area contributed by atoms with E-state index in [1.165, 1.54) is 12.1 Å². The Balaban J connectivity index is 1.71. The van der Waals surface area contributed by atoms with Crippen LogP contribution in [0.15, 0.2) is 53.4 Å². The van der Waals surface area contributed by atoms with E-state index >= 15 is 0 Å². The van der Waals surface area contributed by atoms with Crippen LogP contribution in [0.1, 0.15) is 48.7 Å². The second kappa shape index (κ2) is 8.97. The lowest BCUT2D eigenvalue weighted by Crippen LogP contribution is -2.39. The molecule has 1 aliphatic rings. The van der Waals surface area contributed by atoms with Crippen molar-refractivity contribution in [2.45, 2.75) is 37.6 Å². The highest BCUT2D eigenvalue weighted by atomic mass is 32.2. The van der Waals surface area contributed by atoms with Crippen molar-refractivity contribution in [3.63, 3.8) is 0 Å². The number of rotatable bonds is 6. The molecule has 1 aliphatic heterocycles. The number of hydrogen-bond donors (Lipinski definition) is 1. The monoisotopic (exact) mass is 416 g/mol. The summed E-state index contributed by atoms with van der Waals surface area (Å²) < 4.78 is 32.6. The molecular weight excluding hydrogens is 388 g/mol. The standard InChI is InChI=1S/C22H28N2O4S/c1-16-7-6-14-24(15-16)29(26,27)19-12-10-18(11-13-19)22(25)23-17(2)20-8-4-5-9-21(20)28-3/h4-5,8-13,16-17H,6-7,14-15H2,1-3H3,(H,23,25)/t16-,17-/m0/s1. The van der Waals surface area contributed by atoms with Gasteiger partial charge in [0.15, 0.2) is 0 Å². The molecular formula is C22H28N2O4S. The summed E-state index contributed by atoms with van der Waals surface area (Å²) in [6.07, 6.45) is 1.93. The molecule has 0 bridgehead atoms. The lowest BCUT2D eigenvalue weighted by Gasteiger charge is -2.30. The summed E-state index contributed by atoms with van der Waals surface area (Å²) in [6.45, 7) is 5.04. The predicted octanol–water partition coefficient (Wildman–Crippen LogP) is 3.61. The van der Waals surface area contributed by atoms with E-state index in [9.17, 15) is 13.2 Å². The first-order valence-electron chi connectivity index (χ1n) is 9.87. The minimum Gasteiger partial charge on any atom is -0.496 e. The molecule has 2 atom stereocenters. The number of benzene rings is 2. The van der Waals surface area contributed by atoms with Gasteiger partial charge in [-0.3, -0.25) is 4.79 Å². The third-order valence-electron chi connectivity index (χ3n) is 5.33. The second-order valence-corrected chi connectivity index (χ2v) is 9.51. The van der Waals surface area contributed by atoms with Gasteiger partial charge < -0.3 is 10.1 Å². The summed E-state index contributed by atoms with van der Waals surface area (Å²) in [5, 5.41) is 2.94. The minimum atomic E-state index is -3.53. The lowest BCUT2D eigenvalue weighted by atomic mass is 10.0. The fourth-order valence-electron chi connectivity index (χ4n) is 3.67. The number of ether oxygens (including phenoxy) is 1. The van der Waals surface area contributed by atoms with Gasteiger partial charge in [0.2, 0.25) is 10.0 Å². The zero-order valence-electron chi connectivity index (χ0n) is 17.1. The van der Waals surface area contributed by atoms with E-state index in [4.69, 9.17) is 4.74 Å². The van der Waals surface area contributed by atoms with Crippen LogP contribution < -0.4 is 10.1 Å². The molecule has 0 radical (unpaired) electrons. The third kappa shape index (κ3) is 4.79. The Morgan fingerprint density at radius 1 is 1.17 bits per heavy atom. The molecule has 1 heterocycles. The first-order valence-corrected chi connectivity index (χ1v) is 11.3. The molecule has 2 aromatic carbocycles. The molecule has 0 saturated carbocycles. The Kier molecular flexibility index (Phi) is 6.59. The Hall–Kier alpha value is -2.38. The van der Waals surface area contributed by atoms with Gasteiger partial charge in [-0.25, -0.2) is 8.42 Å². The van der Waals surface area contributed by atoms with Crippen molar-refractivity contribution in [1.29, 1.82) is 0 Å².